The first kappa shape index (κ1) is 21.7. The fourth-order valence-corrected chi connectivity index (χ4v) is 4.16. The van der Waals surface area contributed by atoms with Crippen LogP contribution in [0.3, 0.4) is 0 Å². The molecule has 4 rings (SSSR count). The average molecular weight is 433 g/mol. The molecule has 0 saturated heterocycles. The predicted molar refractivity (Wildman–Crippen MR) is 123 cm³/mol. The fourth-order valence-electron chi connectivity index (χ4n) is 4.16. The van der Waals surface area contributed by atoms with Gasteiger partial charge in [0.25, 0.3) is 5.91 Å². The lowest BCUT2D eigenvalue weighted by Gasteiger charge is -2.32. The van der Waals surface area contributed by atoms with Crippen LogP contribution in [-0.4, -0.2) is 25.0 Å². The number of anilines is 1. The Morgan fingerprint density at radius 3 is 2.31 bits per heavy atom. The van der Waals surface area contributed by atoms with Crippen molar-refractivity contribution < 1.29 is 18.7 Å². The van der Waals surface area contributed by atoms with E-state index in [1.165, 1.54) is 11.2 Å². The van der Waals surface area contributed by atoms with Crippen molar-refractivity contribution in [2.75, 3.05) is 12.0 Å². The lowest BCUT2D eigenvalue weighted by Crippen LogP contribution is -2.46. The number of ether oxygens (including phenoxy) is 1. The van der Waals surface area contributed by atoms with E-state index in [0.29, 0.717) is 17.0 Å². The molecule has 2 amide bonds. The Hall–Kier alpha value is -3.54. The molecule has 6 nitrogen and oxygen atoms in total. The van der Waals surface area contributed by atoms with E-state index in [2.05, 4.69) is 5.32 Å². The third-order valence-corrected chi connectivity index (χ3v) is 5.90. The molecular weight excluding hydrogens is 404 g/mol. The molecule has 0 spiro atoms. The van der Waals surface area contributed by atoms with Gasteiger partial charge in [-0.1, -0.05) is 42.7 Å². The fraction of sp³-hybridized carbons (Fsp3) is 0.308. The highest BCUT2D eigenvalue weighted by molar-refractivity contribution is 6.08. The number of hydrogen-bond donors (Lipinski definition) is 1. The Labute approximate surface area is 188 Å². The van der Waals surface area contributed by atoms with Gasteiger partial charge in [-0.25, -0.2) is 0 Å². The van der Waals surface area contributed by atoms with Gasteiger partial charge in [-0.3, -0.25) is 14.5 Å². The minimum atomic E-state index is -0.859. The van der Waals surface area contributed by atoms with Crippen LogP contribution in [0.5, 0.6) is 5.75 Å². The second kappa shape index (κ2) is 9.73. The van der Waals surface area contributed by atoms with Crippen LogP contribution >= 0.6 is 0 Å². The topological polar surface area (TPSA) is 71.8 Å². The summed E-state index contributed by atoms with van der Waals surface area (Å²) in [5.74, 6) is 0.282. The summed E-state index contributed by atoms with van der Waals surface area (Å²) in [7, 11) is 1.60. The van der Waals surface area contributed by atoms with Gasteiger partial charge in [0.15, 0.2) is 5.76 Å². The molecule has 2 aromatic carbocycles. The minimum Gasteiger partial charge on any atom is -0.497 e. The smallest absolute Gasteiger partial charge is 0.294 e. The Bertz CT molecular complexity index is 1040. The van der Waals surface area contributed by atoms with Crippen LogP contribution in [0.15, 0.2) is 71.3 Å². The van der Waals surface area contributed by atoms with Crippen LogP contribution in [0.2, 0.25) is 0 Å². The molecule has 0 radical (unpaired) electrons. The molecule has 1 atom stereocenters. The number of rotatable bonds is 7. The van der Waals surface area contributed by atoms with E-state index < -0.39 is 6.04 Å². The number of hydrogen-bond acceptors (Lipinski definition) is 4. The van der Waals surface area contributed by atoms with Crippen molar-refractivity contribution in [2.24, 2.45) is 0 Å². The molecule has 1 fully saturated rings. The predicted octanol–water partition coefficient (Wildman–Crippen LogP) is 5.04. The molecular formula is C26H28N2O4. The number of carbonyl (C=O) groups excluding carboxylic acids is 2. The van der Waals surface area contributed by atoms with E-state index in [4.69, 9.17) is 9.15 Å². The van der Waals surface area contributed by atoms with Crippen LogP contribution in [0.1, 0.15) is 53.4 Å². The highest BCUT2D eigenvalue weighted by atomic mass is 16.5. The summed E-state index contributed by atoms with van der Waals surface area (Å²) in [6.07, 6.45) is 5.58. The van der Waals surface area contributed by atoms with Gasteiger partial charge < -0.3 is 14.5 Å². The van der Waals surface area contributed by atoms with Gasteiger partial charge in [-0.15, -0.1) is 0 Å². The molecule has 1 aliphatic rings. The van der Waals surface area contributed by atoms with E-state index in [0.717, 1.165) is 31.2 Å². The van der Waals surface area contributed by atoms with E-state index in [9.17, 15) is 9.59 Å². The number of amides is 2. The van der Waals surface area contributed by atoms with Crippen molar-refractivity contribution in [3.63, 3.8) is 0 Å². The van der Waals surface area contributed by atoms with E-state index >= 15 is 0 Å². The molecule has 1 saturated carbocycles. The summed E-state index contributed by atoms with van der Waals surface area (Å²) < 4.78 is 10.7. The summed E-state index contributed by atoms with van der Waals surface area (Å²) in [6.45, 7) is 1.98. The molecule has 0 aliphatic heterocycles. The molecule has 1 aromatic heterocycles. The molecule has 1 N–H and O–H groups in total. The van der Waals surface area contributed by atoms with Gasteiger partial charge in [0.1, 0.15) is 11.8 Å². The standard InChI is InChI=1S/C26H28N2O4/c1-18-9-13-21(14-10-18)28(26(30)23-8-5-17-32-23)24(19-11-15-22(31-2)16-12-19)25(29)27-20-6-3-4-7-20/h5,8-17,20,24H,3-4,6-7H2,1-2H3,(H,27,29)/t24-/m0/s1. The maximum absolute atomic E-state index is 13.6. The van der Waals surface area contributed by atoms with Crippen molar-refractivity contribution in [1.82, 2.24) is 5.32 Å². The molecule has 0 bridgehead atoms. The first-order valence-electron chi connectivity index (χ1n) is 10.9. The highest BCUT2D eigenvalue weighted by Crippen LogP contribution is 2.32. The first-order valence-corrected chi connectivity index (χ1v) is 10.9. The monoisotopic (exact) mass is 432 g/mol. The molecule has 1 heterocycles. The number of nitrogens with zero attached hydrogens (tertiary/aromatic N) is 1. The Morgan fingerprint density at radius 2 is 1.72 bits per heavy atom. The van der Waals surface area contributed by atoms with Crippen molar-refractivity contribution in [3.05, 3.63) is 83.8 Å². The summed E-state index contributed by atoms with van der Waals surface area (Å²) >= 11 is 0. The molecule has 166 valence electrons. The summed E-state index contributed by atoms with van der Waals surface area (Å²) in [4.78, 5) is 28.8. The third kappa shape index (κ3) is 4.69. The number of carbonyl (C=O) groups is 2. The SMILES string of the molecule is COc1ccc([C@@H](C(=O)NC2CCCC2)N(C(=O)c2ccco2)c2ccc(C)cc2)cc1. The Morgan fingerprint density at radius 1 is 1.03 bits per heavy atom. The van der Waals surface area contributed by atoms with E-state index in [1.807, 2.05) is 43.3 Å². The lowest BCUT2D eigenvalue weighted by atomic mass is 10.0. The van der Waals surface area contributed by atoms with Crippen LogP contribution < -0.4 is 15.0 Å². The lowest BCUT2D eigenvalue weighted by molar-refractivity contribution is -0.123. The second-order valence-corrected chi connectivity index (χ2v) is 8.15. The van der Waals surface area contributed by atoms with Gasteiger partial charge in [-0.05, 0) is 61.7 Å². The maximum Gasteiger partial charge on any atom is 0.294 e. The highest BCUT2D eigenvalue weighted by Gasteiger charge is 2.35. The van der Waals surface area contributed by atoms with Gasteiger partial charge in [0, 0.05) is 11.7 Å². The zero-order chi connectivity index (χ0) is 22.5. The number of benzene rings is 2. The normalized spacial score (nSPS) is 14.7. The minimum absolute atomic E-state index is 0.127. The van der Waals surface area contributed by atoms with Gasteiger partial charge in [0.05, 0.1) is 13.4 Å². The molecule has 32 heavy (non-hydrogen) atoms. The first-order chi connectivity index (χ1) is 15.6. The Balaban J connectivity index is 1.79. The van der Waals surface area contributed by atoms with Crippen molar-refractivity contribution in [2.45, 2.75) is 44.7 Å². The summed E-state index contributed by atoms with van der Waals surface area (Å²) in [5.41, 5.74) is 2.39. The zero-order valence-corrected chi connectivity index (χ0v) is 18.4. The van der Waals surface area contributed by atoms with Crippen LogP contribution in [-0.2, 0) is 4.79 Å². The number of nitrogens with one attached hydrogen (secondary N) is 1. The number of methoxy groups -OCH3 is 1. The zero-order valence-electron chi connectivity index (χ0n) is 18.4. The van der Waals surface area contributed by atoms with Crippen LogP contribution in [0.4, 0.5) is 5.69 Å². The van der Waals surface area contributed by atoms with Crippen molar-refractivity contribution in [1.29, 1.82) is 0 Å². The number of aryl methyl sites for hydroxylation is 1. The van der Waals surface area contributed by atoms with Crippen LogP contribution in [0.25, 0.3) is 0 Å². The Kier molecular flexibility index (Phi) is 6.59. The largest absolute Gasteiger partial charge is 0.497 e. The van der Waals surface area contributed by atoms with Gasteiger partial charge >= 0.3 is 0 Å². The third-order valence-electron chi connectivity index (χ3n) is 5.90. The molecule has 6 heteroatoms. The average Bonchev–Trinajstić information content (AvgIpc) is 3.52. The van der Waals surface area contributed by atoms with Crippen LogP contribution in [0, 0.1) is 6.92 Å². The van der Waals surface area contributed by atoms with Gasteiger partial charge in [-0.2, -0.15) is 0 Å². The summed E-state index contributed by atoms with van der Waals surface area (Å²) in [6, 6.07) is 17.4. The number of furan rings is 1. The quantitative estimate of drug-likeness (QED) is 0.568. The second-order valence-electron chi connectivity index (χ2n) is 8.15. The maximum atomic E-state index is 13.6. The summed E-state index contributed by atoms with van der Waals surface area (Å²) in [5, 5.41) is 3.17. The van der Waals surface area contributed by atoms with E-state index in [1.54, 1.807) is 31.4 Å². The molecule has 0 unspecified atom stereocenters. The molecule has 3 aromatic rings. The van der Waals surface area contributed by atoms with Crippen molar-refractivity contribution in [3.8, 4) is 5.75 Å². The van der Waals surface area contributed by atoms with E-state index in [-0.39, 0.29) is 23.6 Å². The molecule has 1 aliphatic carbocycles. The van der Waals surface area contributed by atoms with Gasteiger partial charge in [0.2, 0.25) is 5.91 Å². The van der Waals surface area contributed by atoms with Crippen molar-refractivity contribution >= 4 is 17.5 Å².